The van der Waals surface area contributed by atoms with Crippen LogP contribution in [0.3, 0.4) is 0 Å². The highest BCUT2D eigenvalue weighted by molar-refractivity contribution is 5.92. The molecule has 0 aliphatic heterocycles. The molecule has 4 heteroatoms. The van der Waals surface area contributed by atoms with Crippen LogP contribution in [0.5, 0.6) is 5.75 Å². The van der Waals surface area contributed by atoms with Gasteiger partial charge in [-0.1, -0.05) is 48.0 Å². The SMILES string of the molecule is COc1ccccc1Nc1nc(-c2cccc(C)c2)nc2ccccc12. The number of fused-ring (bicyclic) bond motifs is 1. The van der Waals surface area contributed by atoms with Crippen LogP contribution in [0.1, 0.15) is 5.56 Å². The summed E-state index contributed by atoms with van der Waals surface area (Å²) in [6.07, 6.45) is 0. The Kier molecular flexibility index (Phi) is 4.23. The first kappa shape index (κ1) is 16.1. The van der Waals surface area contributed by atoms with Gasteiger partial charge in [0.25, 0.3) is 0 Å². The monoisotopic (exact) mass is 341 g/mol. The average Bonchev–Trinajstić information content (AvgIpc) is 2.68. The minimum atomic E-state index is 0.699. The molecule has 0 unspecified atom stereocenters. The lowest BCUT2D eigenvalue weighted by Crippen LogP contribution is -2.00. The fourth-order valence-electron chi connectivity index (χ4n) is 2.96. The second-order valence-electron chi connectivity index (χ2n) is 6.11. The molecule has 128 valence electrons. The number of anilines is 2. The van der Waals surface area contributed by atoms with Gasteiger partial charge in [0.2, 0.25) is 0 Å². The third-order valence-corrected chi connectivity index (χ3v) is 4.24. The van der Waals surface area contributed by atoms with Gasteiger partial charge in [0.15, 0.2) is 5.82 Å². The molecule has 4 nitrogen and oxygen atoms in total. The number of nitrogens with one attached hydrogen (secondary N) is 1. The number of rotatable bonds is 4. The zero-order valence-corrected chi connectivity index (χ0v) is 14.7. The van der Waals surface area contributed by atoms with Crippen LogP contribution >= 0.6 is 0 Å². The van der Waals surface area contributed by atoms with Crippen molar-refractivity contribution in [1.29, 1.82) is 0 Å². The van der Waals surface area contributed by atoms with E-state index in [0.29, 0.717) is 5.82 Å². The predicted molar refractivity (Wildman–Crippen MR) is 106 cm³/mol. The molecule has 0 aliphatic carbocycles. The van der Waals surface area contributed by atoms with Gasteiger partial charge in [0, 0.05) is 10.9 Å². The van der Waals surface area contributed by atoms with Crippen LogP contribution < -0.4 is 10.1 Å². The van der Waals surface area contributed by atoms with Gasteiger partial charge in [-0.05, 0) is 37.3 Å². The van der Waals surface area contributed by atoms with E-state index in [1.807, 2.05) is 60.7 Å². The van der Waals surface area contributed by atoms with Crippen molar-refractivity contribution in [3.8, 4) is 17.1 Å². The highest BCUT2D eigenvalue weighted by Gasteiger charge is 2.11. The molecule has 1 aromatic heterocycles. The molecule has 0 amide bonds. The van der Waals surface area contributed by atoms with Crippen molar-refractivity contribution in [3.05, 3.63) is 78.4 Å². The number of nitrogens with zero attached hydrogens (tertiary/aromatic N) is 2. The number of hydrogen-bond acceptors (Lipinski definition) is 4. The van der Waals surface area contributed by atoms with Crippen LogP contribution in [0.25, 0.3) is 22.3 Å². The van der Waals surface area contributed by atoms with Crippen molar-refractivity contribution < 1.29 is 4.74 Å². The molecule has 1 heterocycles. The van der Waals surface area contributed by atoms with Crippen LogP contribution in [-0.4, -0.2) is 17.1 Å². The molecule has 4 aromatic rings. The number of para-hydroxylation sites is 3. The minimum Gasteiger partial charge on any atom is -0.495 e. The highest BCUT2D eigenvalue weighted by atomic mass is 16.5. The molecule has 4 rings (SSSR count). The third kappa shape index (κ3) is 3.09. The number of hydrogen-bond donors (Lipinski definition) is 1. The molecular weight excluding hydrogens is 322 g/mol. The summed E-state index contributed by atoms with van der Waals surface area (Å²) < 4.78 is 5.45. The smallest absolute Gasteiger partial charge is 0.162 e. The Hall–Kier alpha value is -3.40. The zero-order valence-electron chi connectivity index (χ0n) is 14.7. The van der Waals surface area contributed by atoms with E-state index >= 15 is 0 Å². The molecule has 0 bridgehead atoms. The largest absolute Gasteiger partial charge is 0.495 e. The van der Waals surface area contributed by atoms with Crippen LogP contribution in [0.4, 0.5) is 11.5 Å². The van der Waals surface area contributed by atoms with Crippen molar-refractivity contribution in [3.63, 3.8) is 0 Å². The summed E-state index contributed by atoms with van der Waals surface area (Å²) in [5.41, 5.74) is 3.95. The lowest BCUT2D eigenvalue weighted by Gasteiger charge is -2.13. The van der Waals surface area contributed by atoms with E-state index in [4.69, 9.17) is 14.7 Å². The van der Waals surface area contributed by atoms with E-state index in [0.717, 1.165) is 33.7 Å². The second-order valence-corrected chi connectivity index (χ2v) is 6.11. The van der Waals surface area contributed by atoms with Gasteiger partial charge in [0.1, 0.15) is 11.6 Å². The topological polar surface area (TPSA) is 47.0 Å². The summed E-state index contributed by atoms with van der Waals surface area (Å²) in [4.78, 5) is 9.55. The molecule has 0 saturated heterocycles. The van der Waals surface area contributed by atoms with Crippen molar-refractivity contribution >= 4 is 22.4 Å². The molecular formula is C22H19N3O. The molecule has 0 spiro atoms. The van der Waals surface area contributed by atoms with Gasteiger partial charge in [0.05, 0.1) is 18.3 Å². The number of ether oxygens (including phenoxy) is 1. The van der Waals surface area contributed by atoms with Gasteiger partial charge in [-0.3, -0.25) is 0 Å². The molecule has 0 saturated carbocycles. The van der Waals surface area contributed by atoms with Gasteiger partial charge in [-0.15, -0.1) is 0 Å². The van der Waals surface area contributed by atoms with E-state index < -0.39 is 0 Å². The summed E-state index contributed by atoms with van der Waals surface area (Å²) in [5, 5.41) is 4.38. The number of methoxy groups -OCH3 is 1. The van der Waals surface area contributed by atoms with Crippen molar-refractivity contribution in [2.24, 2.45) is 0 Å². The predicted octanol–water partition coefficient (Wildman–Crippen LogP) is 5.36. The maximum atomic E-state index is 5.45. The van der Waals surface area contributed by atoms with Crippen LogP contribution in [0.15, 0.2) is 72.8 Å². The summed E-state index contributed by atoms with van der Waals surface area (Å²) in [7, 11) is 1.66. The number of benzene rings is 3. The fraction of sp³-hybridized carbons (Fsp3) is 0.0909. The van der Waals surface area contributed by atoms with Gasteiger partial charge >= 0.3 is 0 Å². The molecule has 0 aliphatic rings. The number of aryl methyl sites for hydroxylation is 1. The van der Waals surface area contributed by atoms with Gasteiger partial charge in [-0.25, -0.2) is 9.97 Å². The van der Waals surface area contributed by atoms with Crippen LogP contribution in [0, 0.1) is 6.92 Å². The van der Waals surface area contributed by atoms with Gasteiger partial charge in [-0.2, -0.15) is 0 Å². The maximum absolute atomic E-state index is 5.45. The Morgan fingerprint density at radius 2 is 1.65 bits per heavy atom. The first-order valence-corrected chi connectivity index (χ1v) is 8.48. The number of aromatic nitrogens is 2. The van der Waals surface area contributed by atoms with Crippen LogP contribution in [0.2, 0.25) is 0 Å². The zero-order chi connectivity index (χ0) is 17.9. The second kappa shape index (κ2) is 6.84. The van der Waals surface area contributed by atoms with E-state index in [9.17, 15) is 0 Å². The van der Waals surface area contributed by atoms with Crippen molar-refractivity contribution in [2.75, 3.05) is 12.4 Å². The Morgan fingerprint density at radius 1 is 0.846 bits per heavy atom. The van der Waals surface area contributed by atoms with Crippen LogP contribution in [-0.2, 0) is 0 Å². The summed E-state index contributed by atoms with van der Waals surface area (Å²) in [5.74, 6) is 2.23. The molecule has 0 atom stereocenters. The third-order valence-electron chi connectivity index (χ3n) is 4.24. The highest BCUT2D eigenvalue weighted by Crippen LogP contribution is 2.31. The van der Waals surface area contributed by atoms with Crippen molar-refractivity contribution in [2.45, 2.75) is 6.92 Å². The van der Waals surface area contributed by atoms with Crippen molar-refractivity contribution in [1.82, 2.24) is 9.97 Å². The van der Waals surface area contributed by atoms with E-state index in [-0.39, 0.29) is 0 Å². The maximum Gasteiger partial charge on any atom is 0.162 e. The Bertz CT molecular complexity index is 1080. The van der Waals surface area contributed by atoms with E-state index in [2.05, 4.69) is 24.4 Å². The molecule has 26 heavy (non-hydrogen) atoms. The Balaban J connectivity index is 1.87. The van der Waals surface area contributed by atoms with E-state index in [1.165, 1.54) is 5.56 Å². The van der Waals surface area contributed by atoms with Gasteiger partial charge < -0.3 is 10.1 Å². The summed E-state index contributed by atoms with van der Waals surface area (Å²) in [6.45, 7) is 2.07. The lowest BCUT2D eigenvalue weighted by molar-refractivity contribution is 0.417. The Morgan fingerprint density at radius 3 is 2.50 bits per heavy atom. The minimum absolute atomic E-state index is 0.699. The summed E-state index contributed by atoms with van der Waals surface area (Å²) in [6, 6.07) is 24.0. The normalized spacial score (nSPS) is 10.7. The fourth-order valence-corrected chi connectivity index (χ4v) is 2.96. The first-order chi connectivity index (χ1) is 12.7. The molecule has 0 fully saturated rings. The first-order valence-electron chi connectivity index (χ1n) is 8.48. The lowest BCUT2D eigenvalue weighted by atomic mass is 10.1. The molecule has 3 aromatic carbocycles. The quantitative estimate of drug-likeness (QED) is 0.543. The summed E-state index contributed by atoms with van der Waals surface area (Å²) >= 11 is 0. The average molecular weight is 341 g/mol. The molecule has 0 radical (unpaired) electrons. The molecule has 1 N–H and O–H groups in total. The standard InChI is InChI=1S/C22H19N3O/c1-15-8-7-9-16(14-15)21-23-18-11-4-3-10-17(18)22(25-21)24-19-12-5-6-13-20(19)26-2/h3-14H,1-2H3,(H,23,24,25). The van der Waals surface area contributed by atoms with E-state index in [1.54, 1.807) is 7.11 Å². The Labute approximate surface area is 152 Å².